The summed E-state index contributed by atoms with van der Waals surface area (Å²) in [5.41, 5.74) is 0.862. The number of carbonyl (C=O) groups is 1. The Kier molecular flexibility index (Phi) is 5.03. The molecule has 4 rings (SSSR count). The average Bonchev–Trinajstić information content (AvgIpc) is 3.12. The fourth-order valence-electron chi connectivity index (χ4n) is 3.24. The van der Waals surface area contributed by atoms with Gasteiger partial charge in [-0.25, -0.2) is 0 Å². The first-order valence-electron chi connectivity index (χ1n) is 8.88. The summed E-state index contributed by atoms with van der Waals surface area (Å²) in [6, 6.07) is 10.2. The summed E-state index contributed by atoms with van der Waals surface area (Å²) in [5, 5.41) is 11.3. The zero-order valence-corrected chi connectivity index (χ0v) is 15.9. The van der Waals surface area contributed by atoms with Crippen molar-refractivity contribution in [2.75, 3.05) is 31.1 Å². The zero-order valence-electron chi connectivity index (χ0n) is 15.1. The molecule has 152 valence electrons. The number of rotatable bonds is 3. The van der Waals surface area contributed by atoms with E-state index in [0.717, 1.165) is 5.56 Å². The molecule has 11 heteroatoms. The molecule has 0 bridgehead atoms. The van der Waals surface area contributed by atoms with E-state index in [2.05, 4.69) is 15.3 Å². The van der Waals surface area contributed by atoms with Gasteiger partial charge in [-0.1, -0.05) is 23.7 Å². The van der Waals surface area contributed by atoms with Crippen molar-refractivity contribution in [3.8, 4) is 0 Å². The molecular weight excluding hydrogens is 409 g/mol. The fourth-order valence-corrected chi connectivity index (χ4v) is 3.46. The summed E-state index contributed by atoms with van der Waals surface area (Å²) in [6.45, 7) is 1.83. The predicted octanol–water partition coefficient (Wildman–Crippen LogP) is 2.69. The van der Waals surface area contributed by atoms with Crippen molar-refractivity contribution in [3.05, 3.63) is 52.8 Å². The Morgan fingerprint density at radius 3 is 2.52 bits per heavy atom. The molecule has 0 unspecified atom stereocenters. The van der Waals surface area contributed by atoms with Crippen molar-refractivity contribution >= 4 is 29.0 Å². The number of piperazine rings is 1. The first kappa shape index (κ1) is 19.4. The zero-order chi connectivity index (χ0) is 20.6. The fraction of sp³-hybridized carbons (Fsp3) is 0.333. The van der Waals surface area contributed by atoms with Crippen LogP contribution in [0.25, 0.3) is 5.65 Å². The van der Waals surface area contributed by atoms with Gasteiger partial charge in [-0.05, 0) is 29.8 Å². The lowest BCUT2D eigenvalue weighted by molar-refractivity contribution is -0.146. The number of alkyl halides is 3. The van der Waals surface area contributed by atoms with Crippen molar-refractivity contribution in [2.24, 2.45) is 0 Å². The van der Waals surface area contributed by atoms with Gasteiger partial charge in [0, 0.05) is 31.2 Å². The van der Waals surface area contributed by atoms with Gasteiger partial charge in [0.2, 0.25) is 5.91 Å². The lowest BCUT2D eigenvalue weighted by Crippen LogP contribution is -2.49. The Bertz CT molecular complexity index is 1050. The van der Waals surface area contributed by atoms with Crippen molar-refractivity contribution in [3.63, 3.8) is 0 Å². The van der Waals surface area contributed by atoms with Gasteiger partial charge in [0.1, 0.15) is 5.82 Å². The lowest BCUT2D eigenvalue weighted by atomic mass is 10.1. The monoisotopic (exact) mass is 424 g/mol. The van der Waals surface area contributed by atoms with E-state index < -0.39 is 12.0 Å². The van der Waals surface area contributed by atoms with Gasteiger partial charge in [0.05, 0.1) is 6.42 Å². The number of halogens is 4. The van der Waals surface area contributed by atoms with Gasteiger partial charge in [0.15, 0.2) is 5.65 Å². The number of carbonyl (C=O) groups excluding carboxylic acids is 1. The van der Waals surface area contributed by atoms with E-state index in [1.807, 2.05) is 11.0 Å². The Morgan fingerprint density at radius 2 is 1.83 bits per heavy atom. The maximum Gasteiger partial charge on any atom is 0.453 e. The highest BCUT2D eigenvalue weighted by molar-refractivity contribution is 6.30. The van der Waals surface area contributed by atoms with Crippen LogP contribution in [-0.2, 0) is 17.4 Å². The number of anilines is 1. The van der Waals surface area contributed by atoms with E-state index in [1.165, 1.54) is 6.07 Å². The quantitative estimate of drug-likeness (QED) is 0.646. The number of amides is 1. The van der Waals surface area contributed by atoms with Crippen LogP contribution in [0.3, 0.4) is 0 Å². The van der Waals surface area contributed by atoms with Crippen LogP contribution in [-0.4, -0.2) is 56.8 Å². The molecule has 3 aromatic rings. The third-order valence-electron chi connectivity index (χ3n) is 4.70. The van der Waals surface area contributed by atoms with E-state index in [0.29, 0.717) is 41.5 Å². The van der Waals surface area contributed by atoms with E-state index >= 15 is 0 Å². The summed E-state index contributed by atoms with van der Waals surface area (Å²) >= 11 is 5.95. The number of benzene rings is 1. The normalized spacial score (nSPS) is 15.2. The number of nitrogens with zero attached hydrogens (tertiary/aromatic N) is 6. The second kappa shape index (κ2) is 7.51. The molecule has 0 N–H and O–H groups in total. The summed E-state index contributed by atoms with van der Waals surface area (Å²) in [4.78, 5) is 16.1. The Morgan fingerprint density at radius 1 is 1.07 bits per heavy atom. The molecular formula is C18H16ClF3N6O. The smallest absolute Gasteiger partial charge is 0.352 e. The Labute approximate surface area is 168 Å². The standard InChI is InChI=1S/C18H16ClF3N6O/c19-13-3-1-2-12(10-13)11-16(29)27-8-6-26(7-9-27)15-5-4-14-23-24-17(18(20,21)22)28(14)25-15/h1-5,10H,6-9,11H2. The largest absolute Gasteiger partial charge is 0.453 e. The predicted molar refractivity (Wildman–Crippen MR) is 99.7 cm³/mol. The summed E-state index contributed by atoms with van der Waals surface area (Å²) in [6.07, 6.45) is -4.39. The third kappa shape index (κ3) is 4.12. The number of hydrogen-bond donors (Lipinski definition) is 0. The minimum atomic E-state index is -4.64. The van der Waals surface area contributed by atoms with Crippen molar-refractivity contribution in [1.82, 2.24) is 24.7 Å². The molecule has 0 radical (unpaired) electrons. The highest BCUT2D eigenvalue weighted by Gasteiger charge is 2.38. The molecule has 7 nitrogen and oxygen atoms in total. The van der Waals surface area contributed by atoms with Gasteiger partial charge < -0.3 is 9.80 Å². The second-order valence-corrected chi connectivity index (χ2v) is 7.09. The molecule has 1 fully saturated rings. The first-order chi connectivity index (χ1) is 13.8. The van der Waals surface area contributed by atoms with Crippen LogP contribution in [0.4, 0.5) is 19.0 Å². The van der Waals surface area contributed by atoms with Crippen LogP contribution < -0.4 is 4.90 Å². The SMILES string of the molecule is O=C(Cc1cccc(Cl)c1)N1CCN(c2ccc3nnc(C(F)(F)F)n3n2)CC1. The molecule has 2 aromatic heterocycles. The summed E-state index contributed by atoms with van der Waals surface area (Å²) in [5.74, 6) is -0.803. The molecule has 1 amide bonds. The molecule has 1 aliphatic rings. The van der Waals surface area contributed by atoms with Crippen LogP contribution in [0, 0.1) is 0 Å². The highest BCUT2D eigenvalue weighted by Crippen LogP contribution is 2.28. The van der Waals surface area contributed by atoms with Gasteiger partial charge in [-0.2, -0.15) is 17.7 Å². The lowest BCUT2D eigenvalue weighted by Gasteiger charge is -2.35. The Balaban J connectivity index is 1.43. The summed E-state index contributed by atoms with van der Waals surface area (Å²) < 4.78 is 39.8. The summed E-state index contributed by atoms with van der Waals surface area (Å²) in [7, 11) is 0. The minimum absolute atomic E-state index is 0.0199. The minimum Gasteiger partial charge on any atom is -0.352 e. The number of aromatic nitrogens is 4. The topological polar surface area (TPSA) is 66.6 Å². The maximum atomic E-state index is 13.0. The highest BCUT2D eigenvalue weighted by atomic mass is 35.5. The van der Waals surface area contributed by atoms with Crippen molar-refractivity contribution in [1.29, 1.82) is 0 Å². The van der Waals surface area contributed by atoms with Gasteiger partial charge in [0.25, 0.3) is 5.82 Å². The van der Waals surface area contributed by atoms with E-state index in [1.54, 1.807) is 29.2 Å². The molecule has 1 saturated heterocycles. The Hall–Kier alpha value is -2.88. The van der Waals surface area contributed by atoms with E-state index in [9.17, 15) is 18.0 Å². The number of fused-ring (bicyclic) bond motifs is 1. The van der Waals surface area contributed by atoms with Gasteiger partial charge in [-0.3, -0.25) is 4.79 Å². The van der Waals surface area contributed by atoms with Crippen molar-refractivity contribution in [2.45, 2.75) is 12.6 Å². The molecule has 0 spiro atoms. The molecule has 1 aromatic carbocycles. The molecule has 1 aliphatic heterocycles. The van der Waals surface area contributed by atoms with Crippen LogP contribution in [0.5, 0.6) is 0 Å². The number of hydrogen-bond acceptors (Lipinski definition) is 5. The maximum absolute atomic E-state index is 13.0. The molecule has 0 saturated carbocycles. The van der Waals surface area contributed by atoms with Crippen LogP contribution in [0.15, 0.2) is 36.4 Å². The van der Waals surface area contributed by atoms with Crippen molar-refractivity contribution < 1.29 is 18.0 Å². The molecule has 0 aliphatic carbocycles. The van der Waals surface area contributed by atoms with Gasteiger partial charge >= 0.3 is 6.18 Å². The van der Waals surface area contributed by atoms with E-state index in [4.69, 9.17) is 11.6 Å². The van der Waals surface area contributed by atoms with Gasteiger partial charge in [-0.15, -0.1) is 15.3 Å². The van der Waals surface area contributed by atoms with Crippen LogP contribution >= 0.6 is 11.6 Å². The average molecular weight is 425 g/mol. The molecule has 0 atom stereocenters. The molecule has 29 heavy (non-hydrogen) atoms. The first-order valence-corrected chi connectivity index (χ1v) is 9.26. The second-order valence-electron chi connectivity index (χ2n) is 6.66. The molecule has 3 heterocycles. The van der Waals surface area contributed by atoms with Crippen LogP contribution in [0.1, 0.15) is 11.4 Å². The third-order valence-corrected chi connectivity index (χ3v) is 4.94. The van der Waals surface area contributed by atoms with Crippen LogP contribution in [0.2, 0.25) is 5.02 Å². The van der Waals surface area contributed by atoms with E-state index in [-0.39, 0.29) is 18.0 Å².